The molecule has 0 saturated heterocycles. The molecule has 0 aliphatic rings. The van der Waals surface area contributed by atoms with Crippen molar-refractivity contribution in [2.75, 3.05) is 13.6 Å². The summed E-state index contributed by atoms with van der Waals surface area (Å²) >= 11 is 0. The fourth-order valence-corrected chi connectivity index (χ4v) is 2.19. The summed E-state index contributed by atoms with van der Waals surface area (Å²) in [6, 6.07) is 6.58. The van der Waals surface area contributed by atoms with E-state index in [2.05, 4.69) is 36.9 Å². The maximum Gasteiger partial charge on any atom is 0.0718 e. The number of hydrogen-bond acceptors (Lipinski definition) is 2. The van der Waals surface area contributed by atoms with Gasteiger partial charge >= 0.3 is 0 Å². The van der Waals surface area contributed by atoms with Gasteiger partial charge in [0, 0.05) is 13.1 Å². The minimum atomic E-state index is -0.631. The summed E-state index contributed by atoms with van der Waals surface area (Å²) in [6.07, 6.45) is 0. The first kappa shape index (κ1) is 13.2. The van der Waals surface area contributed by atoms with Crippen LogP contribution in [0.1, 0.15) is 30.5 Å². The molecule has 0 bridgehead atoms. The van der Waals surface area contributed by atoms with Crippen LogP contribution in [-0.2, 0) is 6.54 Å². The number of rotatable bonds is 4. The molecule has 2 nitrogen and oxygen atoms in total. The van der Waals surface area contributed by atoms with E-state index < -0.39 is 5.60 Å². The van der Waals surface area contributed by atoms with Crippen molar-refractivity contribution in [1.29, 1.82) is 0 Å². The standard InChI is InChI=1S/C14H23NO/c1-11-6-12(2)8-13(7-11)9-15(5)10-14(3,4)16/h6-8,16H,9-10H2,1-5H3. The van der Waals surface area contributed by atoms with Gasteiger partial charge in [-0.2, -0.15) is 0 Å². The van der Waals surface area contributed by atoms with Crippen LogP contribution in [0.2, 0.25) is 0 Å². The van der Waals surface area contributed by atoms with Crippen molar-refractivity contribution in [1.82, 2.24) is 4.90 Å². The lowest BCUT2D eigenvalue weighted by Gasteiger charge is -2.25. The van der Waals surface area contributed by atoms with Crippen molar-refractivity contribution in [3.05, 3.63) is 34.9 Å². The Kier molecular flexibility index (Phi) is 4.11. The topological polar surface area (TPSA) is 23.5 Å². The van der Waals surface area contributed by atoms with Crippen molar-refractivity contribution in [3.63, 3.8) is 0 Å². The van der Waals surface area contributed by atoms with Crippen LogP contribution in [0.25, 0.3) is 0 Å². The Hall–Kier alpha value is -0.860. The zero-order valence-electron chi connectivity index (χ0n) is 11.0. The molecule has 0 aliphatic heterocycles. The van der Waals surface area contributed by atoms with Crippen LogP contribution in [0, 0.1) is 13.8 Å². The fraction of sp³-hybridized carbons (Fsp3) is 0.571. The summed E-state index contributed by atoms with van der Waals surface area (Å²) in [6.45, 7) is 9.47. The summed E-state index contributed by atoms with van der Waals surface area (Å²) in [5, 5.41) is 9.73. The van der Waals surface area contributed by atoms with E-state index in [1.54, 1.807) is 0 Å². The average Bonchev–Trinajstić information content (AvgIpc) is 1.96. The number of nitrogens with zero attached hydrogens (tertiary/aromatic N) is 1. The van der Waals surface area contributed by atoms with Crippen LogP contribution in [-0.4, -0.2) is 29.2 Å². The molecule has 1 aromatic carbocycles. The molecule has 0 aliphatic carbocycles. The van der Waals surface area contributed by atoms with E-state index in [-0.39, 0.29) is 0 Å². The van der Waals surface area contributed by atoms with Crippen LogP contribution in [0.3, 0.4) is 0 Å². The molecule has 0 fully saturated rings. The molecule has 0 saturated carbocycles. The van der Waals surface area contributed by atoms with Crippen molar-refractivity contribution in [3.8, 4) is 0 Å². The van der Waals surface area contributed by atoms with Crippen LogP contribution in [0.5, 0.6) is 0 Å². The van der Waals surface area contributed by atoms with Crippen molar-refractivity contribution in [2.45, 2.75) is 39.8 Å². The Bertz CT molecular complexity index is 332. The number of benzene rings is 1. The van der Waals surface area contributed by atoms with Crippen molar-refractivity contribution >= 4 is 0 Å². The van der Waals surface area contributed by atoms with Gasteiger partial charge in [-0.25, -0.2) is 0 Å². The summed E-state index contributed by atoms with van der Waals surface area (Å²) < 4.78 is 0. The predicted octanol–water partition coefficient (Wildman–Crippen LogP) is 2.51. The summed E-state index contributed by atoms with van der Waals surface area (Å²) in [4.78, 5) is 2.15. The first-order chi connectivity index (χ1) is 7.26. The van der Waals surface area contributed by atoms with Gasteiger partial charge in [-0.3, -0.25) is 4.90 Å². The molecular formula is C14H23NO. The lowest BCUT2D eigenvalue weighted by atomic mass is 10.1. The Morgan fingerprint density at radius 1 is 1.12 bits per heavy atom. The zero-order valence-corrected chi connectivity index (χ0v) is 11.0. The third kappa shape index (κ3) is 4.77. The third-order valence-electron chi connectivity index (χ3n) is 2.39. The number of aryl methyl sites for hydroxylation is 2. The molecule has 90 valence electrons. The molecule has 0 aromatic heterocycles. The molecule has 1 rings (SSSR count). The van der Waals surface area contributed by atoms with Crippen molar-refractivity contribution < 1.29 is 5.11 Å². The van der Waals surface area contributed by atoms with Crippen LogP contribution in [0.4, 0.5) is 0 Å². The number of aliphatic hydroxyl groups is 1. The van der Waals surface area contributed by atoms with Gasteiger partial charge < -0.3 is 5.11 Å². The van der Waals surface area contributed by atoms with E-state index in [0.717, 1.165) is 6.54 Å². The molecular weight excluding hydrogens is 198 g/mol. The molecule has 0 unspecified atom stereocenters. The summed E-state index contributed by atoms with van der Waals surface area (Å²) in [5.41, 5.74) is 3.27. The predicted molar refractivity (Wildman–Crippen MR) is 68.5 cm³/mol. The smallest absolute Gasteiger partial charge is 0.0718 e. The summed E-state index contributed by atoms with van der Waals surface area (Å²) in [5.74, 6) is 0. The molecule has 1 aromatic rings. The molecule has 16 heavy (non-hydrogen) atoms. The first-order valence-electron chi connectivity index (χ1n) is 5.74. The van der Waals surface area contributed by atoms with E-state index in [1.807, 2.05) is 20.9 Å². The van der Waals surface area contributed by atoms with Crippen LogP contribution >= 0.6 is 0 Å². The molecule has 0 spiro atoms. The van der Waals surface area contributed by atoms with E-state index >= 15 is 0 Å². The molecule has 2 heteroatoms. The van der Waals surface area contributed by atoms with E-state index in [4.69, 9.17) is 0 Å². The normalized spacial score (nSPS) is 12.2. The van der Waals surface area contributed by atoms with Crippen LogP contribution < -0.4 is 0 Å². The quantitative estimate of drug-likeness (QED) is 0.844. The first-order valence-corrected chi connectivity index (χ1v) is 5.74. The molecule has 0 heterocycles. The zero-order chi connectivity index (χ0) is 12.3. The fourth-order valence-electron chi connectivity index (χ4n) is 2.19. The highest BCUT2D eigenvalue weighted by Crippen LogP contribution is 2.12. The minimum Gasteiger partial charge on any atom is -0.389 e. The van der Waals surface area contributed by atoms with Gasteiger partial charge in [-0.05, 0) is 40.3 Å². The van der Waals surface area contributed by atoms with Gasteiger partial charge in [0.1, 0.15) is 0 Å². The van der Waals surface area contributed by atoms with Gasteiger partial charge in [0.05, 0.1) is 5.60 Å². The van der Waals surface area contributed by atoms with Crippen molar-refractivity contribution in [2.24, 2.45) is 0 Å². The van der Waals surface area contributed by atoms with Gasteiger partial charge in [0.2, 0.25) is 0 Å². The van der Waals surface area contributed by atoms with Crippen LogP contribution in [0.15, 0.2) is 18.2 Å². The Morgan fingerprint density at radius 2 is 1.62 bits per heavy atom. The largest absolute Gasteiger partial charge is 0.389 e. The molecule has 0 radical (unpaired) electrons. The van der Waals surface area contributed by atoms with Gasteiger partial charge in [-0.1, -0.05) is 29.3 Å². The average molecular weight is 221 g/mol. The SMILES string of the molecule is Cc1cc(C)cc(CN(C)CC(C)(C)O)c1. The highest BCUT2D eigenvalue weighted by atomic mass is 16.3. The number of likely N-dealkylation sites (N-methyl/N-ethyl adjacent to an activating group) is 1. The second-order valence-corrected chi connectivity index (χ2v) is 5.48. The van der Waals surface area contributed by atoms with E-state index in [9.17, 15) is 5.11 Å². The van der Waals surface area contributed by atoms with E-state index in [1.165, 1.54) is 16.7 Å². The molecule has 1 N–H and O–H groups in total. The lowest BCUT2D eigenvalue weighted by Crippen LogP contribution is -2.35. The second-order valence-electron chi connectivity index (χ2n) is 5.48. The second kappa shape index (κ2) is 4.98. The highest BCUT2D eigenvalue weighted by Gasteiger charge is 2.15. The van der Waals surface area contributed by atoms with E-state index in [0.29, 0.717) is 6.54 Å². The highest BCUT2D eigenvalue weighted by molar-refractivity contribution is 5.28. The Balaban J connectivity index is 2.66. The maximum atomic E-state index is 9.73. The summed E-state index contributed by atoms with van der Waals surface area (Å²) in [7, 11) is 2.04. The Morgan fingerprint density at radius 3 is 2.06 bits per heavy atom. The maximum absolute atomic E-state index is 9.73. The monoisotopic (exact) mass is 221 g/mol. The van der Waals surface area contributed by atoms with Gasteiger partial charge in [0.25, 0.3) is 0 Å². The van der Waals surface area contributed by atoms with Gasteiger partial charge in [0.15, 0.2) is 0 Å². The van der Waals surface area contributed by atoms with Gasteiger partial charge in [-0.15, -0.1) is 0 Å². The molecule has 0 amide bonds. The lowest BCUT2D eigenvalue weighted by molar-refractivity contribution is 0.0425. The third-order valence-corrected chi connectivity index (χ3v) is 2.39. The number of hydrogen-bond donors (Lipinski definition) is 1. The molecule has 0 atom stereocenters. The Labute approximate surface area is 98.9 Å². The minimum absolute atomic E-state index is 0.631.